The molecule has 0 aliphatic carbocycles. The summed E-state index contributed by atoms with van der Waals surface area (Å²) in [4.78, 5) is 15.9. The summed E-state index contributed by atoms with van der Waals surface area (Å²) >= 11 is 11.8. The van der Waals surface area contributed by atoms with Gasteiger partial charge in [0.15, 0.2) is 5.70 Å². The molecule has 3 nitrogen and oxygen atoms in total. The number of cyclic esters (lactones) is 1. The molecule has 0 spiro atoms. The highest BCUT2D eigenvalue weighted by molar-refractivity contribution is 6.35. The molecule has 0 amide bonds. The van der Waals surface area contributed by atoms with Crippen LogP contribution in [0.25, 0.3) is 6.08 Å². The van der Waals surface area contributed by atoms with Crippen LogP contribution < -0.4 is 0 Å². The molecule has 3 rings (SSSR count). The lowest BCUT2D eigenvalue weighted by molar-refractivity contribution is -0.137. The van der Waals surface area contributed by atoms with Crippen LogP contribution in [0, 0.1) is 0 Å². The first-order chi connectivity index (χ1) is 11.7. The highest BCUT2D eigenvalue weighted by atomic mass is 35.5. The zero-order valence-electron chi connectivity index (χ0n) is 12.3. The lowest BCUT2D eigenvalue weighted by atomic mass is 10.1. The first-order valence-electron chi connectivity index (χ1n) is 6.89. The molecule has 8 heteroatoms. The van der Waals surface area contributed by atoms with Crippen molar-refractivity contribution in [3.8, 4) is 0 Å². The van der Waals surface area contributed by atoms with Crippen molar-refractivity contribution < 1.29 is 22.7 Å². The molecule has 2 aromatic rings. The van der Waals surface area contributed by atoms with Gasteiger partial charge in [0.2, 0.25) is 5.90 Å². The molecule has 1 heterocycles. The molecule has 1 aliphatic heterocycles. The molecule has 0 saturated heterocycles. The van der Waals surface area contributed by atoms with Crippen LogP contribution in [-0.4, -0.2) is 11.9 Å². The van der Waals surface area contributed by atoms with Crippen molar-refractivity contribution in [2.75, 3.05) is 0 Å². The molecule has 0 atom stereocenters. The van der Waals surface area contributed by atoms with Crippen LogP contribution in [0.4, 0.5) is 13.2 Å². The first kappa shape index (κ1) is 17.5. The fourth-order valence-corrected chi connectivity index (χ4v) is 2.56. The third-order valence-electron chi connectivity index (χ3n) is 3.33. The maximum Gasteiger partial charge on any atom is 0.416 e. The average molecular weight is 386 g/mol. The molecule has 0 fully saturated rings. The molecule has 2 aromatic carbocycles. The average Bonchev–Trinajstić information content (AvgIpc) is 2.90. The summed E-state index contributed by atoms with van der Waals surface area (Å²) in [5.74, 6) is -0.795. The van der Waals surface area contributed by atoms with Crippen LogP contribution in [0.5, 0.6) is 0 Å². The fraction of sp³-hybridized carbons (Fsp3) is 0.0588. The quantitative estimate of drug-likeness (QED) is 0.515. The van der Waals surface area contributed by atoms with Crippen molar-refractivity contribution >= 4 is 41.1 Å². The number of esters is 1. The van der Waals surface area contributed by atoms with Gasteiger partial charge in [0.25, 0.3) is 0 Å². The lowest BCUT2D eigenvalue weighted by Crippen LogP contribution is -2.08. The fourth-order valence-electron chi connectivity index (χ4n) is 2.10. The van der Waals surface area contributed by atoms with E-state index in [9.17, 15) is 18.0 Å². The number of alkyl halides is 3. The summed E-state index contributed by atoms with van der Waals surface area (Å²) in [5, 5.41) is 0.765. The zero-order chi connectivity index (χ0) is 18.2. The van der Waals surface area contributed by atoms with Gasteiger partial charge in [0.1, 0.15) is 0 Å². The molecule has 0 radical (unpaired) electrons. The van der Waals surface area contributed by atoms with Gasteiger partial charge in [-0.3, -0.25) is 0 Å². The van der Waals surface area contributed by atoms with Crippen LogP contribution in [-0.2, 0) is 15.7 Å². The van der Waals surface area contributed by atoms with Gasteiger partial charge in [-0.15, -0.1) is 0 Å². The van der Waals surface area contributed by atoms with Gasteiger partial charge in [-0.05, 0) is 48.0 Å². The maximum absolute atomic E-state index is 12.6. The smallest absolute Gasteiger partial charge is 0.402 e. The zero-order valence-corrected chi connectivity index (χ0v) is 13.8. The number of ether oxygens (including phenoxy) is 1. The molecule has 0 saturated carbocycles. The summed E-state index contributed by atoms with van der Waals surface area (Å²) in [6, 6.07) is 8.88. The molecule has 0 aromatic heterocycles. The number of halogens is 5. The van der Waals surface area contributed by atoms with Crippen LogP contribution in [0.15, 0.2) is 53.2 Å². The van der Waals surface area contributed by atoms with Crippen molar-refractivity contribution in [1.82, 2.24) is 0 Å². The highest BCUT2D eigenvalue weighted by Gasteiger charge is 2.31. The minimum atomic E-state index is -4.44. The van der Waals surface area contributed by atoms with E-state index in [0.29, 0.717) is 15.6 Å². The number of carbonyl (C=O) groups is 1. The van der Waals surface area contributed by atoms with Crippen LogP contribution in [0.1, 0.15) is 16.7 Å². The monoisotopic (exact) mass is 385 g/mol. The van der Waals surface area contributed by atoms with E-state index in [-0.39, 0.29) is 17.2 Å². The largest absolute Gasteiger partial charge is 0.416 e. The molecule has 128 valence electrons. The molecular weight excluding hydrogens is 378 g/mol. The molecule has 0 N–H and O–H groups in total. The van der Waals surface area contributed by atoms with Crippen molar-refractivity contribution in [3.63, 3.8) is 0 Å². The van der Waals surface area contributed by atoms with E-state index in [1.54, 1.807) is 12.1 Å². The number of benzene rings is 2. The highest BCUT2D eigenvalue weighted by Crippen LogP contribution is 2.30. The standard InChI is InChI=1S/C17H8Cl2F3NO2/c18-12-6-3-10(13(19)8-12)7-14-16(24)25-15(23-14)9-1-4-11(5-2-9)17(20,21)22/h1-8H. The Hall–Kier alpha value is -2.31. The van der Waals surface area contributed by atoms with E-state index >= 15 is 0 Å². The Kier molecular flexibility index (Phi) is 4.58. The molecule has 0 bridgehead atoms. The second-order valence-corrected chi connectivity index (χ2v) is 5.92. The van der Waals surface area contributed by atoms with E-state index in [1.807, 2.05) is 0 Å². The first-order valence-corrected chi connectivity index (χ1v) is 7.65. The van der Waals surface area contributed by atoms with E-state index in [2.05, 4.69) is 4.99 Å². The summed E-state index contributed by atoms with van der Waals surface area (Å²) in [7, 11) is 0. The Bertz CT molecular complexity index is 903. The predicted molar refractivity (Wildman–Crippen MR) is 88.5 cm³/mol. The third kappa shape index (κ3) is 3.86. The van der Waals surface area contributed by atoms with Gasteiger partial charge in [0.05, 0.1) is 5.56 Å². The number of hydrogen-bond acceptors (Lipinski definition) is 3. The van der Waals surface area contributed by atoms with Crippen LogP contribution in [0.2, 0.25) is 10.0 Å². The van der Waals surface area contributed by atoms with Gasteiger partial charge < -0.3 is 4.74 Å². The van der Waals surface area contributed by atoms with Gasteiger partial charge >= 0.3 is 12.1 Å². The number of rotatable bonds is 2. The predicted octanol–water partition coefficient (Wildman–Crippen LogP) is 5.36. The summed E-state index contributed by atoms with van der Waals surface area (Å²) in [5.41, 5.74) is -0.0496. The van der Waals surface area contributed by atoms with E-state index in [1.165, 1.54) is 24.3 Å². The Morgan fingerprint density at radius 2 is 1.72 bits per heavy atom. The van der Waals surface area contributed by atoms with Crippen molar-refractivity contribution in [2.24, 2.45) is 4.99 Å². The molecular formula is C17H8Cl2F3NO2. The molecule has 1 aliphatic rings. The third-order valence-corrected chi connectivity index (χ3v) is 3.90. The second kappa shape index (κ2) is 6.54. The summed E-state index contributed by atoms with van der Waals surface area (Å²) in [6.45, 7) is 0. The van der Waals surface area contributed by atoms with E-state index in [0.717, 1.165) is 12.1 Å². The van der Waals surface area contributed by atoms with Gasteiger partial charge in [-0.2, -0.15) is 13.2 Å². The molecule has 0 unspecified atom stereocenters. The van der Waals surface area contributed by atoms with Crippen LogP contribution in [0.3, 0.4) is 0 Å². The van der Waals surface area contributed by atoms with Gasteiger partial charge in [-0.1, -0.05) is 29.3 Å². The van der Waals surface area contributed by atoms with Gasteiger partial charge in [-0.25, -0.2) is 9.79 Å². The lowest BCUT2D eigenvalue weighted by Gasteiger charge is -2.06. The Labute approximate surface area is 150 Å². The number of nitrogens with zero attached hydrogens (tertiary/aromatic N) is 1. The van der Waals surface area contributed by atoms with E-state index in [4.69, 9.17) is 27.9 Å². The Morgan fingerprint density at radius 1 is 1.04 bits per heavy atom. The number of hydrogen-bond donors (Lipinski definition) is 0. The Morgan fingerprint density at radius 3 is 2.32 bits per heavy atom. The van der Waals surface area contributed by atoms with Crippen molar-refractivity contribution in [1.29, 1.82) is 0 Å². The van der Waals surface area contributed by atoms with Crippen molar-refractivity contribution in [3.05, 3.63) is 74.9 Å². The Balaban J connectivity index is 1.91. The summed E-state index contributed by atoms with van der Waals surface area (Å²) < 4.78 is 42.8. The minimum absolute atomic E-state index is 0.0147. The maximum atomic E-state index is 12.6. The SMILES string of the molecule is O=C1OC(c2ccc(C(F)(F)F)cc2)=NC1=Cc1ccc(Cl)cc1Cl. The minimum Gasteiger partial charge on any atom is -0.402 e. The molecule has 25 heavy (non-hydrogen) atoms. The van der Waals surface area contributed by atoms with Gasteiger partial charge in [0, 0.05) is 15.6 Å². The van der Waals surface area contributed by atoms with Crippen LogP contribution >= 0.6 is 23.2 Å². The number of aliphatic imine (C=N–C) groups is 1. The summed E-state index contributed by atoms with van der Waals surface area (Å²) in [6.07, 6.45) is -3.03. The second-order valence-electron chi connectivity index (χ2n) is 5.08. The number of carbonyl (C=O) groups excluding carboxylic acids is 1. The topological polar surface area (TPSA) is 38.7 Å². The van der Waals surface area contributed by atoms with E-state index < -0.39 is 17.7 Å². The normalized spacial score (nSPS) is 16.1. The van der Waals surface area contributed by atoms with Crippen molar-refractivity contribution in [2.45, 2.75) is 6.18 Å².